The molecule has 0 saturated carbocycles. The Labute approximate surface area is 114 Å². The van der Waals surface area contributed by atoms with Crippen LogP contribution in [0, 0.1) is 6.92 Å². The maximum atomic E-state index is 6.28. The van der Waals surface area contributed by atoms with E-state index in [2.05, 4.69) is 17.4 Å². The van der Waals surface area contributed by atoms with Gasteiger partial charge < -0.3 is 4.74 Å². The van der Waals surface area contributed by atoms with Gasteiger partial charge in [-0.3, -0.25) is 16.0 Å². The number of aryl methyl sites for hydroxylation is 2. The lowest BCUT2D eigenvalue weighted by Gasteiger charge is -2.16. The number of nitrogens with zero attached hydrogens (tertiary/aromatic N) is 2. The van der Waals surface area contributed by atoms with Gasteiger partial charge in [-0.15, -0.1) is 0 Å². The Balaban J connectivity index is 2.68. The molecule has 0 spiro atoms. The lowest BCUT2D eigenvalue weighted by atomic mass is 10.1. The number of aromatic nitrogens is 2. The van der Waals surface area contributed by atoms with E-state index < -0.39 is 0 Å². The fourth-order valence-electron chi connectivity index (χ4n) is 2.02. The smallest absolute Gasteiger partial charge is 0.0847 e. The molecule has 0 aliphatic heterocycles. The lowest BCUT2D eigenvalue weighted by molar-refractivity contribution is 0.188. The van der Waals surface area contributed by atoms with E-state index in [1.165, 1.54) is 0 Å². The van der Waals surface area contributed by atoms with Gasteiger partial charge in [-0.1, -0.05) is 11.6 Å². The van der Waals surface area contributed by atoms with Crippen LogP contribution < -0.4 is 11.3 Å². The number of nitrogens with two attached hydrogens (primary N) is 1. The third kappa shape index (κ3) is 3.95. The van der Waals surface area contributed by atoms with Crippen molar-refractivity contribution in [3.8, 4) is 0 Å². The van der Waals surface area contributed by atoms with Crippen LogP contribution in [-0.2, 0) is 17.7 Å². The molecule has 1 rings (SSSR count). The standard InChI is InChI=1S/C12H23ClN4O/c1-4-17-11(12(13)9(2)16-17)8-10(15-14)6-5-7-18-3/h10,15H,4-8,14H2,1-3H3. The Morgan fingerprint density at radius 1 is 1.56 bits per heavy atom. The van der Waals surface area contributed by atoms with Crippen LogP contribution in [0.5, 0.6) is 0 Å². The fraction of sp³-hybridized carbons (Fsp3) is 0.750. The molecule has 0 aromatic carbocycles. The van der Waals surface area contributed by atoms with Gasteiger partial charge in [-0.25, -0.2) is 0 Å². The van der Waals surface area contributed by atoms with Crippen molar-refractivity contribution in [3.05, 3.63) is 16.4 Å². The van der Waals surface area contributed by atoms with E-state index in [1.54, 1.807) is 7.11 Å². The van der Waals surface area contributed by atoms with Crippen molar-refractivity contribution in [1.29, 1.82) is 0 Å². The quantitative estimate of drug-likeness (QED) is 0.430. The minimum atomic E-state index is 0.194. The Morgan fingerprint density at radius 3 is 2.83 bits per heavy atom. The van der Waals surface area contributed by atoms with Crippen LogP contribution in [0.1, 0.15) is 31.2 Å². The van der Waals surface area contributed by atoms with E-state index in [0.29, 0.717) is 0 Å². The van der Waals surface area contributed by atoms with Gasteiger partial charge in [-0.05, 0) is 26.7 Å². The molecule has 0 aliphatic carbocycles. The van der Waals surface area contributed by atoms with Crippen LogP contribution >= 0.6 is 11.6 Å². The number of nitrogens with one attached hydrogen (secondary N) is 1. The average molecular weight is 275 g/mol. The molecular weight excluding hydrogens is 252 g/mol. The summed E-state index contributed by atoms with van der Waals surface area (Å²) in [6, 6.07) is 0.194. The highest BCUT2D eigenvalue weighted by Gasteiger charge is 2.16. The molecule has 1 aromatic heterocycles. The van der Waals surface area contributed by atoms with Crippen LogP contribution in [0.4, 0.5) is 0 Å². The summed E-state index contributed by atoms with van der Waals surface area (Å²) in [6.45, 7) is 5.55. The summed E-state index contributed by atoms with van der Waals surface area (Å²) in [5.74, 6) is 5.59. The highest BCUT2D eigenvalue weighted by molar-refractivity contribution is 6.31. The lowest BCUT2D eigenvalue weighted by Crippen LogP contribution is -2.37. The van der Waals surface area contributed by atoms with Gasteiger partial charge in [0.05, 0.1) is 16.4 Å². The van der Waals surface area contributed by atoms with Crippen LogP contribution in [0.2, 0.25) is 5.02 Å². The number of hydrazine groups is 1. The number of halogens is 1. The molecule has 5 nitrogen and oxygen atoms in total. The predicted octanol–water partition coefficient (Wildman–Crippen LogP) is 1.67. The van der Waals surface area contributed by atoms with E-state index in [0.717, 1.165) is 48.8 Å². The van der Waals surface area contributed by atoms with Crippen LogP contribution in [0.15, 0.2) is 0 Å². The molecule has 1 atom stereocenters. The van der Waals surface area contributed by atoms with Gasteiger partial charge in [0.1, 0.15) is 0 Å². The summed E-state index contributed by atoms with van der Waals surface area (Å²) in [5, 5.41) is 5.16. The molecule has 0 amide bonds. The molecule has 0 radical (unpaired) electrons. The SMILES string of the molecule is CCn1nc(C)c(Cl)c1CC(CCCOC)NN. The van der Waals surface area contributed by atoms with Gasteiger partial charge in [-0.2, -0.15) is 5.10 Å². The van der Waals surface area contributed by atoms with Gasteiger partial charge in [0.25, 0.3) is 0 Å². The van der Waals surface area contributed by atoms with E-state index >= 15 is 0 Å². The number of rotatable bonds is 8. The fourth-order valence-corrected chi connectivity index (χ4v) is 2.23. The first-order chi connectivity index (χ1) is 8.63. The summed E-state index contributed by atoms with van der Waals surface area (Å²) in [6.07, 6.45) is 2.71. The molecule has 6 heteroatoms. The molecule has 104 valence electrons. The van der Waals surface area contributed by atoms with Gasteiger partial charge in [0, 0.05) is 32.7 Å². The molecular formula is C12H23ClN4O. The summed E-state index contributed by atoms with van der Waals surface area (Å²) in [7, 11) is 1.71. The summed E-state index contributed by atoms with van der Waals surface area (Å²) >= 11 is 6.28. The third-order valence-corrected chi connectivity index (χ3v) is 3.52. The summed E-state index contributed by atoms with van der Waals surface area (Å²) < 4.78 is 6.99. The van der Waals surface area contributed by atoms with Crippen molar-refractivity contribution in [2.45, 2.75) is 45.7 Å². The van der Waals surface area contributed by atoms with E-state index in [-0.39, 0.29) is 6.04 Å². The zero-order valence-electron chi connectivity index (χ0n) is 11.4. The first kappa shape index (κ1) is 15.4. The Morgan fingerprint density at radius 2 is 2.28 bits per heavy atom. The highest BCUT2D eigenvalue weighted by Crippen LogP contribution is 2.22. The van der Waals surface area contributed by atoms with Crippen molar-refractivity contribution in [1.82, 2.24) is 15.2 Å². The van der Waals surface area contributed by atoms with Gasteiger partial charge in [0.2, 0.25) is 0 Å². The van der Waals surface area contributed by atoms with Crippen molar-refractivity contribution in [2.75, 3.05) is 13.7 Å². The Kier molecular flexibility index (Phi) is 6.63. The molecule has 0 fully saturated rings. The maximum Gasteiger partial charge on any atom is 0.0847 e. The second kappa shape index (κ2) is 7.74. The van der Waals surface area contributed by atoms with Crippen LogP contribution in [0.25, 0.3) is 0 Å². The van der Waals surface area contributed by atoms with Crippen molar-refractivity contribution >= 4 is 11.6 Å². The number of methoxy groups -OCH3 is 1. The van der Waals surface area contributed by atoms with E-state index in [4.69, 9.17) is 22.2 Å². The van der Waals surface area contributed by atoms with Gasteiger partial charge >= 0.3 is 0 Å². The number of ether oxygens (including phenoxy) is 1. The molecule has 1 aromatic rings. The Bertz CT molecular complexity index is 367. The van der Waals surface area contributed by atoms with Crippen LogP contribution in [-0.4, -0.2) is 29.5 Å². The zero-order chi connectivity index (χ0) is 13.5. The largest absolute Gasteiger partial charge is 0.385 e. The van der Waals surface area contributed by atoms with Crippen molar-refractivity contribution in [3.63, 3.8) is 0 Å². The van der Waals surface area contributed by atoms with E-state index in [1.807, 2.05) is 11.6 Å². The third-order valence-electron chi connectivity index (χ3n) is 3.03. The first-order valence-corrected chi connectivity index (χ1v) is 6.68. The highest BCUT2D eigenvalue weighted by atomic mass is 35.5. The average Bonchev–Trinajstić information content (AvgIpc) is 2.65. The summed E-state index contributed by atoms with van der Waals surface area (Å²) in [4.78, 5) is 0. The number of hydrogen-bond donors (Lipinski definition) is 2. The summed E-state index contributed by atoms with van der Waals surface area (Å²) in [5.41, 5.74) is 4.77. The minimum absolute atomic E-state index is 0.194. The molecule has 3 N–H and O–H groups in total. The predicted molar refractivity (Wildman–Crippen MR) is 73.6 cm³/mol. The molecule has 18 heavy (non-hydrogen) atoms. The van der Waals surface area contributed by atoms with Crippen LogP contribution in [0.3, 0.4) is 0 Å². The second-order valence-electron chi connectivity index (χ2n) is 4.36. The second-order valence-corrected chi connectivity index (χ2v) is 4.74. The van der Waals surface area contributed by atoms with Crippen molar-refractivity contribution in [2.24, 2.45) is 5.84 Å². The Hall–Kier alpha value is -0.620. The van der Waals surface area contributed by atoms with E-state index in [9.17, 15) is 0 Å². The zero-order valence-corrected chi connectivity index (χ0v) is 12.1. The molecule has 0 aliphatic rings. The molecule has 0 saturated heterocycles. The van der Waals surface area contributed by atoms with Gasteiger partial charge in [0.15, 0.2) is 0 Å². The molecule has 1 heterocycles. The normalized spacial score (nSPS) is 12.9. The maximum absolute atomic E-state index is 6.28. The topological polar surface area (TPSA) is 65.1 Å². The first-order valence-electron chi connectivity index (χ1n) is 6.30. The number of hydrogen-bond acceptors (Lipinski definition) is 4. The molecule has 1 unspecified atom stereocenters. The van der Waals surface area contributed by atoms with Crippen molar-refractivity contribution < 1.29 is 4.74 Å². The molecule has 0 bridgehead atoms. The monoisotopic (exact) mass is 274 g/mol. The minimum Gasteiger partial charge on any atom is -0.385 e.